The lowest BCUT2D eigenvalue weighted by atomic mass is 10.1. The highest BCUT2D eigenvalue weighted by molar-refractivity contribution is 5.82. The van der Waals surface area contributed by atoms with Gasteiger partial charge in [-0.25, -0.2) is 9.59 Å². The van der Waals surface area contributed by atoms with Crippen LogP contribution in [0.1, 0.15) is 13.3 Å². The predicted molar refractivity (Wildman–Crippen MR) is 57.0 cm³/mol. The molecule has 0 unspecified atom stereocenters. The second-order valence-corrected chi connectivity index (χ2v) is 3.78. The normalized spacial score (nSPS) is 17.6. The van der Waals surface area contributed by atoms with E-state index >= 15 is 0 Å². The van der Waals surface area contributed by atoms with E-state index in [1.807, 2.05) is 13.0 Å². The first-order chi connectivity index (χ1) is 7.54. The lowest BCUT2D eigenvalue weighted by Crippen LogP contribution is -2.50. The Morgan fingerprint density at radius 1 is 1.62 bits per heavy atom. The number of nitrogens with zero attached hydrogens (tertiary/aromatic N) is 1. The molecule has 1 heterocycles. The van der Waals surface area contributed by atoms with E-state index in [1.54, 1.807) is 0 Å². The van der Waals surface area contributed by atoms with Gasteiger partial charge < -0.3 is 20.4 Å². The fourth-order valence-corrected chi connectivity index (χ4v) is 1.51. The summed E-state index contributed by atoms with van der Waals surface area (Å²) in [4.78, 5) is 23.8. The monoisotopic (exact) mass is 228 g/mol. The van der Waals surface area contributed by atoms with Crippen molar-refractivity contribution in [2.45, 2.75) is 19.4 Å². The Hall–Kier alpha value is -1.56. The van der Waals surface area contributed by atoms with Gasteiger partial charge in [-0.3, -0.25) is 0 Å². The summed E-state index contributed by atoms with van der Waals surface area (Å²) in [6.07, 6.45) is 2.82. The minimum absolute atomic E-state index is 0.450. The highest BCUT2D eigenvalue weighted by atomic mass is 16.4. The van der Waals surface area contributed by atoms with Gasteiger partial charge in [0.25, 0.3) is 0 Å². The third kappa shape index (κ3) is 3.23. The molecule has 2 amide bonds. The molecular formula is C10H16N2O4. The smallest absolute Gasteiger partial charge is 0.328 e. The number of aliphatic hydroxyl groups excluding tert-OH is 1. The predicted octanol–water partition coefficient (Wildman–Crippen LogP) is -0.207. The summed E-state index contributed by atoms with van der Waals surface area (Å²) in [6, 6.07) is -1.69. The molecule has 6 heteroatoms. The largest absolute Gasteiger partial charge is 0.480 e. The van der Waals surface area contributed by atoms with Gasteiger partial charge in [-0.05, 0) is 13.3 Å². The molecule has 1 aliphatic rings. The van der Waals surface area contributed by atoms with E-state index in [4.69, 9.17) is 10.2 Å². The Bertz CT molecular complexity index is 314. The molecule has 0 spiro atoms. The number of carbonyl (C=O) groups is 2. The summed E-state index contributed by atoms with van der Waals surface area (Å²) in [5.41, 5.74) is 1.08. The molecule has 1 rings (SSSR count). The number of aliphatic carboxylic acids is 1. The van der Waals surface area contributed by atoms with Gasteiger partial charge >= 0.3 is 12.0 Å². The number of nitrogens with one attached hydrogen (secondary N) is 1. The molecule has 0 aromatic heterocycles. The van der Waals surface area contributed by atoms with Crippen molar-refractivity contribution in [2.24, 2.45) is 0 Å². The van der Waals surface area contributed by atoms with Crippen LogP contribution < -0.4 is 5.32 Å². The van der Waals surface area contributed by atoms with Crippen molar-refractivity contribution >= 4 is 12.0 Å². The van der Waals surface area contributed by atoms with Gasteiger partial charge in [0.05, 0.1) is 6.61 Å². The van der Waals surface area contributed by atoms with Gasteiger partial charge in [-0.15, -0.1) is 0 Å². The average molecular weight is 228 g/mol. The van der Waals surface area contributed by atoms with Crippen LogP contribution in [0, 0.1) is 0 Å². The lowest BCUT2D eigenvalue weighted by Gasteiger charge is -2.27. The first-order valence-electron chi connectivity index (χ1n) is 5.09. The molecule has 0 saturated heterocycles. The topological polar surface area (TPSA) is 89.9 Å². The zero-order chi connectivity index (χ0) is 12.1. The molecule has 1 atom stereocenters. The van der Waals surface area contributed by atoms with E-state index in [1.165, 1.54) is 4.90 Å². The van der Waals surface area contributed by atoms with Crippen molar-refractivity contribution in [3.8, 4) is 0 Å². The second-order valence-electron chi connectivity index (χ2n) is 3.78. The van der Waals surface area contributed by atoms with Gasteiger partial charge in [-0.2, -0.15) is 0 Å². The summed E-state index contributed by atoms with van der Waals surface area (Å²) in [7, 11) is 0. The Balaban J connectivity index is 2.52. The van der Waals surface area contributed by atoms with Gasteiger partial charge in [0, 0.05) is 13.1 Å². The average Bonchev–Trinajstić information content (AvgIpc) is 2.25. The number of aliphatic hydroxyl groups is 1. The van der Waals surface area contributed by atoms with Crippen molar-refractivity contribution in [1.82, 2.24) is 10.2 Å². The van der Waals surface area contributed by atoms with Gasteiger partial charge in [0.15, 0.2) is 6.04 Å². The van der Waals surface area contributed by atoms with Gasteiger partial charge in [0.1, 0.15) is 0 Å². The summed E-state index contributed by atoms with van der Waals surface area (Å²) < 4.78 is 0. The Labute approximate surface area is 93.5 Å². The third-order valence-electron chi connectivity index (χ3n) is 2.40. The van der Waals surface area contributed by atoms with Crippen LogP contribution in [-0.4, -0.2) is 52.9 Å². The van der Waals surface area contributed by atoms with Crippen LogP contribution in [0.25, 0.3) is 0 Å². The first-order valence-corrected chi connectivity index (χ1v) is 5.09. The van der Waals surface area contributed by atoms with Crippen molar-refractivity contribution in [3.63, 3.8) is 0 Å². The standard InChI is InChI=1S/C10H16N2O4/c1-7-3-2-4-12(5-7)10(16)11-8(6-13)9(14)15/h3,8,13H,2,4-6H2,1H3,(H,11,16)(H,14,15)/t8-/m1/s1. The summed E-state index contributed by atoms with van der Waals surface area (Å²) in [6.45, 7) is 2.38. The minimum atomic E-state index is -1.24. The molecular weight excluding hydrogens is 212 g/mol. The molecule has 1 aliphatic heterocycles. The van der Waals surface area contributed by atoms with E-state index in [9.17, 15) is 9.59 Å². The number of carbonyl (C=O) groups excluding carboxylic acids is 1. The number of urea groups is 1. The molecule has 16 heavy (non-hydrogen) atoms. The van der Waals surface area contributed by atoms with E-state index in [0.29, 0.717) is 13.1 Å². The number of amides is 2. The molecule has 90 valence electrons. The molecule has 3 N–H and O–H groups in total. The van der Waals surface area contributed by atoms with Crippen LogP contribution in [0.3, 0.4) is 0 Å². The number of hydrogen-bond acceptors (Lipinski definition) is 3. The van der Waals surface area contributed by atoms with Crippen LogP contribution in [-0.2, 0) is 4.79 Å². The van der Waals surface area contributed by atoms with Crippen LogP contribution in [0.4, 0.5) is 4.79 Å². The fraction of sp³-hybridized carbons (Fsp3) is 0.600. The van der Waals surface area contributed by atoms with E-state index in [-0.39, 0.29) is 0 Å². The van der Waals surface area contributed by atoms with Gasteiger partial charge in [-0.1, -0.05) is 11.6 Å². The zero-order valence-corrected chi connectivity index (χ0v) is 9.14. The number of carboxylic acids is 1. The maximum atomic E-state index is 11.6. The summed E-state index contributed by atoms with van der Waals surface area (Å²) in [5, 5.41) is 19.7. The second kappa shape index (κ2) is 5.50. The number of hydrogen-bond donors (Lipinski definition) is 3. The SMILES string of the molecule is CC1=CCCN(C(=O)N[C@H](CO)C(=O)O)C1. The third-order valence-corrected chi connectivity index (χ3v) is 2.40. The van der Waals surface area contributed by atoms with E-state index in [2.05, 4.69) is 5.32 Å². The maximum absolute atomic E-state index is 11.6. The fourth-order valence-electron chi connectivity index (χ4n) is 1.51. The molecule has 6 nitrogen and oxygen atoms in total. The molecule has 0 saturated carbocycles. The Kier molecular flexibility index (Phi) is 4.30. The van der Waals surface area contributed by atoms with E-state index in [0.717, 1.165) is 12.0 Å². The van der Waals surface area contributed by atoms with Crippen LogP contribution in [0.5, 0.6) is 0 Å². The van der Waals surface area contributed by atoms with Crippen molar-refractivity contribution < 1.29 is 19.8 Å². The Morgan fingerprint density at radius 3 is 2.81 bits per heavy atom. The van der Waals surface area contributed by atoms with Crippen LogP contribution in [0.15, 0.2) is 11.6 Å². The molecule has 0 aromatic rings. The zero-order valence-electron chi connectivity index (χ0n) is 9.14. The molecule has 0 fully saturated rings. The van der Waals surface area contributed by atoms with Crippen molar-refractivity contribution in [2.75, 3.05) is 19.7 Å². The summed E-state index contributed by atoms with van der Waals surface area (Å²) in [5.74, 6) is -1.24. The maximum Gasteiger partial charge on any atom is 0.328 e. The lowest BCUT2D eigenvalue weighted by molar-refractivity contribution is -0.140. The molecule has 0 bridgehead atoms. The van der Waals surface area contributed by atoms with Crippen LogP contribution in [0.2, 0.25) is 0 Å². The molecule has 0 aromatic carbocycles. The quantitative estimate of drug-likeness (QED) is 0.583. The van der Waals surface area contributed by atoms with Crippen molar-refractivity contribution in [3.05, 3.63) is 11.6 Å². The molecule has 0 aliphatic carbocycles. The van der Waals surface area contributed by atoms with Crippen LogP contribution >= 0.6 is 0 Å². The Morgan fingerprint density at radius 2 is 2.31 bits per heavy atom. The number of rotatable bonds is 3. The number of carboxylic acid groups (broad SMARTS) is 1. The highest BCUT2D eigenvalue weighted by Gasteiger charge is 2.23. The molecule has 0 radical (unpaired) electrons. The highest BCUT2D eigenvalue weighted by Crippen LogP contribution is 2.08. The minimum Gasteiger partial charge on any atom is -0.480 e. The summed E-state index contributed by atoms with van der Waals surface area (Å²) >= 11 is 0. The first kappa shape index (κ1) is 12.5. The van der Waals surface area contributed by atoms with Gasteiger partial charge in [0.2, 0.25) is 0 Å². The van der Waals surface area contributed by atoms with Crippen molar-refractivity contribution in [1.29, 1.82) is 0 Å². The van der Waals surface area contributed by atoms with E-state index < -0.39 is 24.6 Å².